The van der Waals surface area contributed by atoms with Crippen LogP contribution in [0.1, 0.15) is 47.3 Å². The number of piperidine rings is 1. The molecule has 148 valence electrons. The highest BCUT2D eigenvalue weighted by molar-refractivity contribution is 7.10. The Morgan fingerprint density at radius 3 is 2.43 bits per heavy atom. The van der Waals surface area contributed by atoms with Gasteiger partial charge in [-0.15, -0.1) is 11.3 Å². The number of nitrogens with one attached hydrogen (secondary N) is 1. The van der Waals surface area contributed by atoms with Gasteiger partial charge < -0.3 is 15.1 Å². The van der Waals surface area contributed by atoms with Crippen LogP contribution in [0, 0.1) is 0 Å². The molecule has 3 heterocycles. The number of nitrogens with zero attached hydrogens (tertiary/aromatic N) is 2. The first kappa shape index (κ1) is 19.0. The third-order valence-electron chi connectivity index (χ3n) is 5.52. The van der Waals surface area contributed by atoms with Crippen LogP contribution in [0.2, 0.25) is 0 Å². The number of hydrogen-bond acceptors (Lipinski definition) is 4. The van der Waals surface area contributed by atoms with Crippen LogP contribution in [0.15, 0.2) is 35.7 Å². The lowest BCUT2D eigenvalue weighted by atomic mass is 10.1. The van der Waals surface area contributed by atoms with Crippen molar-refractivity contribution in [2.75, 3.05) is 36.4 Å². The summed E-state index contributed by atoms with van der Waals surface area (Å²) < 4.78 is 0. The summed E-state index contributed by atoms with van der Waals surface area (Å²) in [6.07, 6.45) is 6.03. The summed E-state index contributed by atoms with van der Waals surface area (Å²) in [6, 6.07) is 9.71. The smallest absolute Gasteiger partial charge is 0.256 e. The van der Waals surface area contributed by atoms with Gasteiger partial charge in [0.1, 0.15) is 0 Å². The summed E-state index contributed by atoms with van der Waals surface area (Å²) in [5.41, 5.74) is 2.42. The SMILES string of the molecule is O=C(Cc1cccs1)Nc1ccc(N2CCCC2)c(C(=O)N2CCCCC2)c1. The number of benzene rings is 1. The number of thiophene rings is 1. The van der Waals surface area contributed by atoms with E-state index < -0.39 is 0 Å². The van der Waals surface area contributed by atoms with Gasteiger partial charge in [0.05, 0.1) is 12.0 Å². The number of rotatable bonds is 5. The van der Waals surface area contributed by atoms with Crippen molar-refractivity contribution in [2.24, 2.45) is 0 Å². The molecule has 1 aromatic heterocycles. The van der Waals surface area contributed by atoms with Gasteiger partial charge in [0.15, 0.2) is 0 Å². The zero-order valence-corrected chi connectivity index (χ0v) is 17.0. The van der Waals surface area contributed by atoms with E-state index >= 15 is 0 Å². The van der Waals surface area contributed by atoms with E-state index in [1.54, 1.807) is 11.3 Å². The minimum atomic E-state index is -0.0484. The number of carbonyl (C=O) groups excluding carboxylic acids is 2. The van der Waals surface area contributed by atoms with Gasteiger partial charge in [-0.25, -0.2) is 0 Å². The molecule has 1 N–H and O–H groups in total. The second-order valence-electron chi connectivity index (χ2n) is 7.58. The normalized spacial score (nSPS) is 17.0. The van der Waals surface area contributed by atoms with Crippen LogP contribution in [0.25, 0.3) is 0 Å². The van der Waals surface area contributed by atoms with E-state index in [2.05, 4.69) is 10.2 Å². The first-order chi connectivity index (χ1) is 13.7. The maximum absolute atomic E-state index is 13.3. The molecule has 2 aromatic rings. The molecule has 6 heteroatoms. The lowest BCUT2D eigenvalue weighted by molar-refractivity contribution is -0.115. The minimum Gasteiger partial charge on any atom is -0.371 e. The Balaban J connectivity index is 1.56. The first-order valence-electron chi connectivity index (χ1n) is 10.2. The number of hydrogen-bond donors (Lipinski definition) is 1. The zero-order valence-electron chi connectivity index (χ0n) is 16.2. The van der Waals surface area contributed by atoms with Crippen molar-refractivity contribution in [3.8, 4) is 0 Å². The fraction of sp³-hybridized carbons (Fsp3) is 0.455. The topological polar surface area (TPSA) is 52.7 Å². The van der Waals surface area contributed by atoms with Crippen molar-refractivity contribution in [1.29, 1.82) is 0 Å². The van der Waals surface area contributed by atoms with Crippen LogP contribution >= 0.6 is 11.3 Å². The number of anilines is 2. The van der Waals surface area contributed by atoms with Gasteiger partial charge in [-0.2, -0.15) is 0 Å². The molecule has 2 aliphatic rings. The lowest BCUT2D eigenvalue weighted by Gasteiger charge is -2.29. The molecule has 2 aliphatic heterocycles. The van der Waals surface area contributed by atoms with E-state index in [-0.39, 0.29) is 11.8 Å². The van der Waals surface area contributed by atoms with E-state index in [1.165, 1.54) is 6.42 Å². The summed E-state index contributed by atoms with van der Waals surface area (Å²) in [4.78, 5) is 31.0. The largest absolute Gasteiger partial charge is 0.371 e. The Labute approximate surface area is 170 Å². The average Bonchev–Trinajstić information content (AvgIpc) is 3.42. The molecule has 2 saturated heterocycles. The van der Waals surface area contributed by atoms with E-state index in [9.17, 15) is 9.59 Å². The zero-order chi connectivity index (χ0) is 19.3. The summed E-state index contributed by atoms with van der Waals surface area (Å²) in [6.45, 7) is 3.63. The van der Waals surface area contributed by atoms with Gasteiger partial charge in [0, 0.05) is 42.4 Å². The third-order valence-corrected chi connectivity index (χ3v) is 6.39. The monoisotopic (exact) mass is 397 g/mol. The predicted molar refractivity (Wildman–Crippen MR) is 114 cm³/mol. The van der Waals surface area contributed by atoms with Crippen molar-refractivity contribution in [1.82, 2.24) is 4.90 Å². The van der Waals surface area contributed by atoms with E-state index in [4.69, 9.17) is 0 Å². The van der Waals surface area contributed by atoms with Crippen molar-refractivity contribution in [3.63, 3.8) is 0 Å². The second kappa shape index (κ2) is 8.78. The Hall–Kier alpha value is -2.34. The molecule has 0 atom stereocenters. The number of likely N-dealkylation sites (tertiary alicyclic amines) is 1. The molecule has 5 nitrogen and oxygen atoms in total. The highest BCUT2D eigenvalue weighted by Crippen LogP contribution is 2.29. The molecule has 2 amide bonds. The van der Waals surface area contributed by atoms with E-state index in [0.717, 1.165) is 68.0 Å². The van der Waals surface area contributed by atoms with Crippen LogP contribution in [0.3, 0.4) is 0 Å². The number of carbonyl (C=O) groups is 2. The van der Waals surface area contributed by atoms with Crippen LogP contribution in [0.4, 0.5) is 11.4 Å². The molecule has 28 heavy (non-hydrogen) atoms. The average molecular weight is 398 g/mol. The summed E-state index contributed by atoms with van der Waals surface area (Å²) in [5.74, 6) is 0.0451. The Morgan fingerprint density at radius 1 is 0.964 bits per heavy atom. The van der Waals surface area contributed by atoms with Crippen molar-refractivity contribution < 1.29 is 9.59 Å². The molecule has 0 spiro atoms. The molecule has 0 bridgehead atoms. The minimum absolute atomic E-state index is 0.0484. The second-order valence-corrected chi connectivity index (χ2v) is 8.62. The van der Waals surface area contributed by atoms with Crippen molar-refractivity contribution in [3.05, 3.63) is 46.2 Å². The van der Waals surface area contributed by atoms with Crippen LogP contribution in [0.5, 0.6) is 0 Å². The predicted octanol–water partition coefficient (Wildman–Crippen LogP) is 4.16. The molecular formula is C22H27N3O2S. The summed E-state index contributed by atoms with van der Waals surface area (Å²) in [5, 5.41) is 4.95. The molecule has 2 fully saturated rings. The summed E-state index contributed by atoms with van der Waals surface area (Å²) in [7, 11) is 0. The van der Waals surface area contributed by atoms with Crippen molar-refractivity contribution >= 4 is 34.5 Å². The standard InChI is InChI=1S/C22H27N3O2S/c26-21(16-18-7-6-14-28-18)23-17-8-9-20(24-10-4-5-11-24)19(15-17)22(27)25-12-2-1-3-13-25/h6-9,14-15H,1-5,10-13,16H2,(H,23,26). The van der Waals surface area contributed by atoms with Crippen LogP contribution in [-0.2, 0) is 11.2 Å². The van der Waals surface area contributed by atoms with Gasteiger partial charge >= 0.3 is 0 Å². The fourth-order valence-electron chi connectivity index (χ4n) is 4.06. The van der Waals surface area contributed by atoms with Gasteiger partial charge in [-0.3, -0.25) is 9.59 Å². The molecule has 0 radical (unpaired) electrons. The van der Waals surface area contributed by atoms with E-state index in [0.29, 0.717) is 12.1 Å². The van der Waals surface area contributed by atoms with Gasteiger partial charge in [0.25, 0.3) is 5.91 Å². The highest BCUT2D eigenvalue weighted by atomic mass is 32.1. The molecular weight excluding hydrogens is 370 g/mol. The maximum Gasteiger partial charge on any atom is 0.256 e. The molecule has 0 aliphatic carbocycles. The molecule has 0 unspecified atom stereocenters. The molecule has 4 rings (SSSR count). The maximum atomic E-state index is 13.3. The Morgan fingerprint density at radius 2 is 1.71 bits per heavy atom. The quantitative estimate of drug-likeness (QED) is 0.824. The van der Waals surface area contributed by atoms with Crippen LogP contribution in [-0.4, -0.2) is 42.9 Å². The van der Waals surface area contributed by atoms with Crippen molar-refractivity contribution in [2.45, 2.75) is 38.5 Å². The Kier molecular flexibility index (Phi) is 5.95. The van der Waals surface area contributed by atoms with Crippen LogP contribution < -0.4 is 10.2 Å². The summed E-state index contributed by atoms with van der Waals surface area (Å²) >= 11 is 1.58. The van der Waals surface area contributed by atoms with E-state index in [1.807, 2.05) is 40.6 Å². The van der Waals surface area contributed by atoms with Gasteiger partial charge in [0.2, 0.25) is 5.91 Å². The Bertz CT molecular complexity index is 822. The first-order valence-corrected chi connectivity index (χ1v) is 11.1. The lowest BCUT2D eigenvalue weighted by Crippen LogP contribution is -2.36. The molecule has 1 aromatic carbocycles. The van der Waals surface area contributed by atoms with Gasteiger partial charge in [-0.1, -0.05) is 6.07 Å². The molecule has 0 saturated carbocycles. The van der Waals surface area contributed by atoms with Gasteiger partial charge in [-0.05, 0) is 61.7 Å². The number of amides is 2. The third kappa shape index (κ3) is 4.38. The fourth-order valence-corrected chi connectivity index (χ4v) is 4.77. The highest BCUT2D eigenvalue weighted by Gasteiger charge is 2.25.